The number of nitrogens with one attached hydrogen (secondary N) is 1. The van der Waals surface area contributed by atoms with Crippen molar-refractivity contribution >= 4 is 11.8 Å². The van der Waals surface area contributed by atoms with Crippen molar-refractivity contribution in [1.82, 2.24) is 15.3 Å². The van der Waals surface area contributed by atoms with Crippen molar-refractivity contribution in [1.29, 1.82) is 5.26 Å². The number of morpholine rings is 1. The summed E-state index contributed by atoms with van der Waals surface area (Å²) in [6, 6.07) is 17.7. The van der Waals surface area contributed by atoms with Crippen LogP contribution in [0.15, 0.2) is 48.5 Å². The lowest BCUT2D eigenvalue weighted by molar-refractivity contribution is -0.142. The van der Waals surface area contributed by atoms with E-state index in [0.29, 0.717) is 55.8 Å². The Bertz CT molecular complexity index is 1270. The molecule has 1 N–H and O–H groups in total. The molecule has 0 aliphatic carbocycles. The van der Waals surface area contributed by atoms with Crippen LogP contribution in [0.3, 0.4) is 0 Å². The zero-order chi connectivity index (χ0) is 26.7. The molecule has 4 rings (SSSR count). The summed E-state index contributed by atoms with van der Waals surface area (Å²) < 4.78 is 16.7. The topological polar surface area (TPSA) is 110 Å². The number of hydrogen-bond acceptors (Lipinski definition) is 9. The molecule has 1 saturated heterocycles. The summed E-state index contributed by atoms with van der Waals surface area (Å²) in [7, 11) is 0. The summed E-state index contributed by atoms with van der Waals surface area (Å²) >= 11 is 0. The fourth-order valence-corrected chi connectivity index (χ4v) is 4.19. The first-order valence-corrected chi connectivity index (χ1v) is 12.9. The largest absolute Gasteiger partial charge is 0.466 e. The van der Waals surface area contributed by atoms with Gasteiger partial charge in [0.25, 0.3) is 0 Å². The molecule has 0 amide bonds. The molecule has 9 nitrogen and oxygen atoms in total. The first-order chi connectivity index (χ1) is 18.6. The van der Waals surface area contributed by atoms with E-state index < -0.39 is 0 Å². The van der Waals surface area contributed by atoms with Crippen LogP contribution in [0, 0.1) is 18.3 Å². The summed E-state index contributed by atoms with van der Waals surface area (Å²) in [5.74, 6) is 2.22. The Morgan fingerprint density at radius 2 is 1.89 bits per heavy atom. The van der Waals surface area contributed by atoms with Crippen molar-refractivity contribution in [2.24, 2.45) is 0 Å². The van der Waals surface area contributed by atoms with E-state index in [4.69, 9.17) is 14.2 Å². The maximum absolute atomic E-state index is 11.4. The van der Waals surface area contributed by atoms with E-state index in [-0.39, 0.29) is 5.97 Å². The smallest absolute Gasteiger partial charge is 0.307 e. The van der Waals surface area contributed by atoms with Gasteiger partial charge in [0.05, 0.1) is 37.9 Å². The third kappa shape index (κ3) is 7.51. The molecule has 9 heteroatoms. The van der Waals surface area contributed by atoms with E-state index >= 15 is 0 Å². The molecule has 38 heavy (non-hydrogen) atoms. The molecule has 1 aliphatic heterocycles. The second kappa shape index (κ2) is 13.5. The number of aryl methyl sites for hydroxylation is 1. The highest BCUT2D eigenvalue weighted by Crippen LogP contribution is 2.34. The number of rotatable bonds is 11. The Hall–Kier alpha value is -4.00. The molecule has 2 heterocycles. The standard InChI is InChI=1S/C29H33N5O4/c1-3-37-29(35)11-13-31-12-10-22-4-7-24(8-5-22)25-9-6-23(20-30)18-26(25)38-28-19-27(32-21(2)33-28)34-14-16-36-17-15-34/h4-9,18-19,31H,3,10-17H2,1-2H3. The Labute approximate surface area is 223 Å². The molecule has 0 radical (unpaired) electrons. The summed E-state index contributed by atoms with van der Waals surface area (Å²) in [5.41, 5.74) is 3.53. The minimum atomic E-state index is -0.181. The lowest BCUT2D eigenvalue weighted by Gasteiger charge is -2.28. The highest BCUT2D eigenvalue weighted by molar-refractivity contribution is 5.72. The number of hydrogen-bond donors (Lipinski definition) is 1. The summed E-state index contributed by atoms with van der Waals surface area (Å²) in [4.78, 5) is 22.7. The van der Waals surface area contributed by atoms with E-state index in [0.717, 1.165) is 43.0 Å². The number of carbonyl (C=O) groups excluding carboxylic acids is 1. The lowest BCUT2D eigenvalue weighted by Crippen LogP contribution is -2.36. The van der Waals surface area contributed by atoms with E-state index in [2.05, 4.69) is 38.4 Å². The second-order valence-electron chi connectivity index (χ2n) is 8.89. The number of aromatic nitrogens is 2. The van der Waals surface area contributed by atoms with Crippen molar-refractivity contribution < 1.29 is 19.0 Å². The highest BCUT2D eigenvalue weighted by atomic mass is 16.5. The van der Waals surface area contributed by atoms with Gasteiger partial charge in [0.2, 0.25) is 5.88 Å². The van der Waals surface area contributed by atoms with E-state index in [1.807, 2.05) is 31.2 Å². The van der Waals surface area contributed by atoms with Gasteiger partial charge in [0.15, 0.2) is 0 Å². The van der Waals surface area contributed by atoms with Gasteiger partial charge >= 0.3 is 5.97 Å². The van der Waals surface area contributed by atoms with Crippen molar-refractivity contribution in [3.8, 4) is 28.8 Å². The predicted octanol–water partition coefficient (Wildman–Crippen LogP) is 4.04. The van der Waals surface area contributed by atoms with Gasteiger partial charge in [0, 0.05) is 31.3 Å². The van der Waals surface area contributed by atoms with Crippen molar-refractivity contribution in [3.05, 3.63) is 65.5 Å². The molecule has 3 aromatic rings. The molecular weight excluding hydrogens is 482 g/mol. The number of nitriles is 1. The fraction of sp³-hybridized carbons (Fsp3) is 0.379. The Balaban J connectivity index is 1.46. The average Bonchev–Trinajstić information content (AvgIpc) is 2.93. The zero-order valence-electron chi connectivity index (χ0n) is 21.9. The predicted molar refractivity (Wildman–Crippen MR) is 144 cm³/mol. The second-order valence-corrected chi connectivity index (χ2v) is 8.89. The molecule has 1 aliphatic rings. The van der Waals surface area contributed by atoms with Crippen LogP contribution in [-0.4, -0.2) is 61.9 Å². The molecule has 0 unspecified atom stereocenters. The number of ether oxygens (including phenoxy) is 3. The van der Waals surface area contributed by atoms with Gasteiger partial charge in [-0.1, -0.05) is 24.3 Å². The van der Waals surface area contributed by atoms with Gasteiger partial charge in [-0.05, 0) is 56.1 Å². The average molecular weight is 516 g/mol. The third-order valence-electron chi connectivity index (χ3n) is 6.13. The van der Waals surface area contributed by atoms with Crippen molar-refractivity contribution in [2.75, 3.05) is 50.9 Å². The Kier molecular flexibility index (Phi) is 9.62. The monoisotopic (exact) mass is 515 g/mol. The summed E-state index contributed by atoms with van der Waals surface area (Å²) in [5, 5.41) is 12.8. The maximum atomic E-state index is 11.4. The molecular formula is C29H33N5O4. The van der Waals surface area contributed by atoms with Crippen LogP contribution < -0.4 is 15.0 Å². The van der Waals surface area contributed by atoms with Gasteiger partial charge < -0.3 is 24.4 Å². The molecule has 0 bridgehead atoms. The van der Waals surface area contributed by atoms with Gasteiger partial charge in [0.1, 0.15) is 17.4 Å². The van der Waals surface area contributed by atoms with Gasteiger partial charge in [-0.3, -0.25) is 4.79 Å². The van der Waals surface area contributed by atoms with Crippen LogP contribution in [0.1, 0.15) is 30.3 Å². The number of nitrogens with zero attached hydrogens (tertiary/aromatic N) is 4. The number of esters is 1. The van der Waals surface area contributed by atoms with Crippen LogP contribution in [-0.2, 0) is 20.7 Å². The van der Waals surface area contributed by atoms with Crippen LogP contribution in [0.4, 0.5) is 5.82 Å². The fourth-order valence-electron chi connectivity index (χ4n) is 4.19. The minimum Gasteiger partial charge on any atom is -0.466 e. The molecule has 2 aromatic carbocycles. The molecule has 0 spiro atoms. The Morgan fingerprint density at radius 3 is 2.63 bits per heavy atom. The van der Waals surface area contributed by atoms with Crippen LogP contribution in [0.5, 0.6) is 11.6 Å². The molecule has 198 valence electrons. The van der Waals surface area contributed by atoms with E-state index in [1.54, 1.807) is 19.1 Å². The van der Waals surface area contributed by atoms with Gasteiger partial charge in [-0.2, -0.15) is 10.2 Å². The third-order valence-corrected chi connectivity index (χ3v) is 6.13. The maximum Gasteiger partial charge on any atom is 0.307 e. The van der Waals surface area contributed by atoms with Gasteiger partial charge in [-0.15, -0.1) is 0 Å². The normalized spacial score (nSPS) is 13.1. The number of benzene rings is 2. The Morgan fingerprint density at radius 1 is 1.11 bits per heavy atom. The van der Waals surface area contributed by atoms with Crippen molar-refractivity contribution in [3.63, 3.8) is 0 Å². The van der Waals surface area contributed by atoms with Gasteiger partial charge in [-0.25, -0.2) is 4.98 Å². The summed E-state index contributed by atoms with van der Waals surface area (Å²) in [6.07, 6.45) is 1.21. The first kappa shape index (κ1) is 27.0. The molecule has 1 fully saturated rings. The quantitative estimate of drug-likeness (QED) is 0.299. The van der Waals surface area contributed by atoms with E-state index in [1.165, 1.54) is 5.56 Å². The number of carbonyl (C=O) groups is 1. The van der Waals surface area contributed by atoms with Crippen molar-refractivity contribution in [2.45, 2.75) is 26.7 Å². The lowest BCUT2D eigenvalue weighted by atomic mass is 10.0. The minimum absolute atomic E-state index is 0.181. The van der Waals surface area contributed by atoms with Crippen LogP contribution in [0.25, 0.3) is 11.1 Å². The summed E-state index contributed by atoms with van der Waals surface area (Å²) in [6.45, 7) is 8.26. The van der Waals surface area contributed by atoms with E-state index in [9.17, 15) is 10.1 Å². The molecule has 0 saturated carbocycles. The SMILES string of the molecule is CCOC(=O)CCNCCc1ccc(-c2ccc(C#N)cc2Oc2cc(N3CCOCC3)nc(C)n2)cc1. The zero-order valence-corrected chi connectivity index (χ0v) is 21.9. The van der Waals surface area contributed by atoms with Crippen LogP contribution in [0.2, 0.25) is 0 Å². The number of anilines is 1. The van der Waals surface area contributed by atoms with Crippen LogP contribution >= 0.6 is 0 Å². The highest BCUT2D eigenvalue weighted by Gasteiger charge is 2.16. The first-order valence-electron chi connectivity index (χ1n) is 12.9. The molecule has 0 atom stereocenters. The molecule has 1 aromatic heterocycles.